The molecule has 5 nitrogen and oxygen atoms in total. The fourth-order valence-electron chi connectivity index (χ4n) is 2.50. The van der Waals surface area contributed by atoms with Gasteiger partial charge in [-0.1, -0.05) is 12.1 Å². The highest BCUT2D eigenvalue weighted by molar-refractivity contribution is 5.76. The van der Waals surface area contributed by atoms with E-state index in [2.05, 4.69) is 10.3 Å². The second-order valence-corrected chi connectivity index (χ2v) is 5.84. The number of nitrogens with one attached hydrogen (secondary N) is 1. The zero-order valence-electron chi connectivity index (χ0n) is 14.1. The summed E-state index contributed by atoms with van der Waals surface area (Å²) in [4.78, 5) is 16.2. The van der Waals surface area contributed by atoms with E-state index in [4.69, 9.17) is 8.83 Å². The van der Waals surface area contributed by atoms with Crippen molar-refractivity contribution in [1.29, 1.82) is 0 Å². The number of carbonyl (C=O) groups excluding carboxylic acids is 1. The molecular formula is C19H19FN2O3. The van der Waals surface area contributed by atoms with Crippen LogP contribution < -0.4 is 5.32 Å². The van der Waals surface area contributed by atoms with Crippen LogP contribution in [0.5, 0.6) is 0 Å². The molecule has 0 saturated carbocycles. The maximum Gasteiger partial charge on any atom is 0.221 e. The molecule has 6 heteroatoms. The fraction of sp³-hybridized carbons (Fsp3) is 0.263. The molecule has 0 fully saturated rings. The van der Waals surface area contributed by atoms with Crippen molar-refractivity contribution in [2.24, 2.45) is 0 Å². The second-order valence-electron chi connectivity index (χ2n) is 5.84. The van der Waals surface area contributed by atoms with E-state index in [0.29, 0.717) is 29.4 Å². The standard InChI is InChI=1S/C19H19FN2O3/c1-12-7-8-16(24-12)13(2)22-18(23)9-10-19-21-11-17(25-19)14-5-3-4-6-15(14)20/h3-8,11,13H,9-10H2,1-2H3,(H,22,23). The first-order valence-corrected chi connectivity index (χ1v) is 8.08. The van der Waals surface area contributed by atoms with Gasteiger partial charge in [0.15, 0.2) is 11.7 Å². The van der Waals surface area contributed by atoms with Gasteiger partial charge in [0.05, 0.1) is 17.8 Å². The van der Waals surface area contributed by atoms with E-state index in [1.54, 1.807) is 18.2 Å². The second kappa shape index (κ2) is 7.34. The van der Waals surface area contributed by atoms with E-state index in [1.807, 2.05) is 26.0 Å². The summed E-state index contributed by atoms with van der Waals surface area (Å²) in [5.41, 5.74) is 0.354. The van der Waals surface area contributed by atoms with Gasteiger partial charge in [0, 0.05) is 12.8 Å². The summed E-state index contributed by atoms with van der Waals surface area (Å²) < 4.78 is 24.8. The minimum atomic E-state index is -0.370. The minimum Gasteiger partial charge on any atom is -0.464 e. The van der Waals surface area contributed by atoms with Crippen molar-refractivity contribution < 1.29 is 18.0 Å². The van der Waals surface area contributed by atoms with Crippen molar-refractivity contribution >= 4 is 5.91 Å². The lowest BCUT2D eigenvalue weighted by Crippen LogP contribution is -2.26. The third kappa shape index (κ3) is 4.15. The highest BCUT2D eigenvalue weighted by atomic mass is 19.1. The predicted octanol–water partition coefficient (Wildman–Crippen LogP) is 4.19. The van der Waals surface area contributed by atoms with Gasteiger partial charge in [-0.2, -0.15) is 0 Å². The average Bonchev–Trinajstić information content (AvgIpc) is 3.22. The lowest BCUT2D eigenvalue weighted by Gasteiger charge is -2.10. The van der Waals surface area contributed by atoms with Gasteiger partial charge in [-0.05, 0) is 38.1 Å². The Kier molecular flexibility index (Phi) is 4.97. The first kappa shape index (κ1) is 17.0. The summed E-state index contributed by atoms with van der Waals surface area (Å²) in [6.07, 6.45) is 2.03. The van der Waals surface area contributed by atoms with Gasteiger partial charge in [0.2, 0.25) is 5.91 Å². The van der Waals surface area contributed by atoms with Crippen molar-refractivity contribution in [3.05, 3.63) is 65.8 Å². The number of hydrogen-bond acceptors (Lipinski definition) is 4. The van der Waals surface area contributed by atoms with E-state index in [1.165, 1.54) is 12.3 Å². The van der Waals surface area contributed by atoms with Crippen LogP contribution in [0.3, 0.4) is 0 Å². The molecule has 1 unspecified atom stereocenters. The molecule has 0 aliphatic rings. The molecule has 2 heterocycles. The third-order valence-electron chi connectivity index (χ3n) is 3.82. The Hall–Kier alpha value is -2.89. The van der Waals surface area contributed by atoms with E-state index in [0.717, 1.165) is 5.76 Å². The van der Waals surface area contributed by atoms with Crippen LogP contribution in [0, 0.1) is 12.7 Å². The van der Waals surface area contributed by atoms with Gasteiger partial charge in [0.25, 0.3) is 0 Å². The summed E-state index contributed by atoms with van der Waals surface area (Å²) in [7, 11) is 0. The number of halogens is 1. The van der Waals surface area contributed by atoms with E-state index >= 15 is 0 Å². The zero-order valence-corrected chi connectivity index (χ0v) is 14.1. The quantitative estimate of drug-likeness (QED) is 0.729. The normalized spacial score (nSPS) is 12.1. The third-order valence-corrected chi connectivity index (χ3v) is 3.82. The SMILES string of the molecule is Cc1ccc(C(C)NC(=O)CCc2ncc(-c3ccccc3F)o2)o1. The number of furan rings is 1. The lowest BCUT2D eigenvalue weighted by molar-refractivity contribution is -0.121. The van der Waals surface area contributed by atoms with Gasteiger partial charge in [-0.15, -0.1) is 0 Å². The molecular weight excluding hydrogens is 323 g/mol. The Balaban J connectivity index is 1.55. The molecule has 0 aliphatic carbocycles. The van der Waals surface area contributed by atoms with Crippen molar-refractivity contribution in [2.75, 3.05) is 0 Å². The molecule has 3 rings (SSSR count). The molecule has 1 amide bonds. The van der Waals surface area contributed by atoms with Gasteiger partial charge >= 0.3 is 0 Å². The van der Waals surface area contributed by atoms with Crippen molar-refractivity contribution in [1.82, 2.24) is 10.3 Å². The molecule has 0 radical (unpaired) electrons. The fourth-order valence-corrected chi connectivity index (χ4v) is 2.50. The van der Waals surface area contributed by atoms with Crippen LogP contribution in [0.1, 0.15) is 36.8 Å². The maximum atomic E-state index is 13.7. The molecule has 25 heavy (non-hydrogen) atoms. The highest BCUT2D eigenvalue weighted by Crippen LogP contribution is 2.23. The topological polar surface area (TPSA) is 68.3 Å². The summed E-state index contributed by atoms with van der Waals surface area (Å²) in [6, 6.07) is 9.82. The number of carbonyl (C=O) groups is 1. The number of oxazole rings is 1. The number of amides is 1. The monoisotopic (exact) mass is 342 g/mol. The molecule has 0 aliphatic heterocycles. The minimum absolute atomic E-state index is 0.132. The summed E-state index contributed by atoms with van der Waals surface area (Å²) >= 11 is 0. The zero-order chi connectivity index (χ0) is 17.8. The number of rotatable bonds is 6. The highest BCUT2D eigenvalue weighted by Gasteiger charge is 2.15. The van der Waals surface area contributed by atoms with Crippen LogP contribution in [-0.4, -0.2) is 10.9 Å². The number of benzene rings is 1. The van der Waals surface area contributed by atoms with Crippen LogP contribution in [0.2, 0.25) is 0 Å². The molecule has 0 bridgehead atoms. The summed E-state index contributed by atoms with van der Waals surface area (Å²) in [5.74, 6) is 1.76. The van der Waals surface area contributed by atoms with Crippen molar-refractivity contribution in [3.8, 4) is 11.3 Å². The lowest BCUT2D eigenvalue weighted by atomic mass is 10.2. The first-order chi connectivity index (χ1) is 12.0. The maximum absolute atomic E-state index is 13.7. The molecule has 0 spiro atoms. The summed E-state index contributed by atoms with van der Waals surface area (Å²) in [5, 5.41) is 2.87. The molecule has 3 aromatic rings. The molecule has 0 saturated heterocycles. The van der Waals surface area contributed by atoms with Crippen molar-refractivity contribution in [2.45, 2.75) is 32.7 Å². The number of aryl methyl sites for hydroxylation is 2. The number of aromatic nitrogens is 1. The molecule has 1 N–H and O–H groups in total. The molecule has 2 aromatic heterocycles. The van der Waals surface area contributed by atoms with Gasteiger partial charge in [-0.3, -0.25) is 4.79 Å². The van der Waals surface area contributed by atoms with Gasteiger partial charge < -0.3 is 14.2 Å². The Morgan fingerprint density at radius 3 is 2.76 bits per heavy atom. The van der Waals surface area contributed by atoms with E-state index in [-0.39, 0.29) is 24.2 Å². The van der Waals surface area contributed by atoms with Gasteiger partial charge in [0.1, 0.15) is 17.3 Å². The average molecular weight is 342 g/mol. The molecule has 130 valence electrons. The molecule has 1 aromatic carbocycles. The number of hydrogen-bond donors (Lipinski definition) is 1. The first-order valence-electron chi connectivity index (χ1n) is 8.08. The van der Waals surface area contributed by atoms with Crippen LogP contribution >= 0.6 is 0 Å². The van der Waals surface area contributed by atoms with Crippen LogP contribution in [0.15, 0.2) is 51.4 Å². The molecule has 1 atom stereocenters. The largest absolute Gasteiger partial charge is 0.464 e. The van der Waals surface area contributed by atoms with E-state index < -0.39 is 0 Å². The smallest absolute Gasteiger partial charge is 0.221 e. The Bertz CT molecular complexity index is 869. The Morgan fingerprint density at radius 1 is 1.24 bits per heavy atom. The van der Waals surface area contributed by atoms with Crippen LogP contribution in [0.4, 0.5) is 4.39 Å². The number of nitrogens with zero attached hydrogens (tertiary/aromatic N) is 1. The Morgan fingerprint density at radius 2 is 2.04 bits per heavy atom. The van der Waals surface area contributed by atoms with E-state index in [9.17, 15) is 9.18 Å². The summed E-state index contributed by atoms with van der Waals surface area (Å²) in [6.45, 7) is 3.71. The van der Waals surface area contributed by atoms with Crippen LogP contribution in [-0.2, 0) is 11.2 Å². The van der Waals surface area contributed by atoms with Crippen molar-refractivity contribution in [3.63, 3.8) is 0 Å². The van der Waals surface area contributed by atoms with Crippen LogP contribution in [0.25, 0.3) is 11.3 Å². The van der Waals surface area contributed by atoms with Gasteiger partial charge in [-0.25, -0.2) is 9.37 Å². The Labute approximate surface area is 144 Å². The predicted molar refractivity (Wildman–Crippen MR) is 90.2 cm³/mol.